The van der Waals surface area contributed by atoms with Gasteiger partial charge in [-0.1, -0.05) is 29.6 Å². The molecule has 9 heteroatoms. The Hall–Kier alpha value is -1.52. The van der Waals surface area contributed by atoms with Gasteiger partial charge in [0.2, 0.25) is 0 Å². The molecule has 1 rings (SSSR count). The lowest BCUT2D eigenvalue weighted by molar-refractivity contribution is -0.171. The molecule has 0 aliphatic rings. The highest BCUT2D eigenvalue weighted by Gasteiger charge is 2.36. The zero-order valence-corrected chi connectivity index (χ0v) is 15.8. The number of hydrogen-bond donors (Lipinski definition) is 2. The third-order valence-corrected chi connectivity index (χ3v) is 5.23. The van der Waals surface area contributed by atoms with Crippen molar-refractivity contribution in [1.82, 2.24) is 4.47 Å². The number of rotatable bonds is 10. The van der Waals surface area contributed by atoms with E-state index in [9.17, 15) is 18.3 Å². The van der Waals surface area contributed by atoms with E-state index in [4.69, 9.17) is 9.57 Å². The van der Waals surface area contributed by atoms with Crippen LogP contribution in [0.3, 0.4) is 0 Å². The van der Waals surface area contributed by atoms with Gasteiger partial charge in [-0.2, -0.15) is 0 Å². The van der Waals surface area contributed by atoms with E-state index < -0.39 is 21.4 Å². The van der Waals surface area contributed by atoms with Crippen molar-refractivity contribution in [3.8, 4) is 0 Å². The number of aryl methyl sites for hydroxylation is 2. The van der Waals surface area contributed by atoms with Crippen LogP contribution in [0.1, 0.15) is 31.9 Å². The van der Waals surface area contributed by atoms with E-state index in [1.54, 1.807) is 19.9 Å². The SMILES string of the molecule is CCOCON(CC)S(=O)(=O)C(O)C(=O)Nc1c(C)cccc1CC. The summed E-state index contributed by atoms with van der Waals surface area (Å²) in [4.78, 5) is 17.2. The van der Waals surface area contributed by atoms with Gasteiger partial charge >= 0.3 is 0 Å². The minimum absolute atomic E-state index is 0.0790. The first-order valence-electron chi connectivity index (χ1n) is 8.09. The summed E-state index contributed by atoms with van der Waals surface area (Å²) in [6.45, 7) is 6.92. The van der Waals surface area contributed by atoms with E-state index in [1.165, 1.54) is 6.92 Å². The summed E-state index contributed by atoms with van der Waals surface area (Å²) in [6.07, 6.45) is 0.651. The Morgan fingerprint density at radius 3 is 2.56 bits per heavy atom. The van der Waals surface area contributed by atoms with Crippen LogP contribution in [-0.2, 0) is 30.8 Å². The number of ether oxygens (including phenoxy) is 1. The second-order valence-electron chi connectivity index (χ2n) is 5.21. The average molecular weight is 374 g/mol. The Bertz CT molecular complexity index is 677. The summed E-state index contributed by atoms with van der Waals surface area (Å²) >= 11 is 0. The fraction of sp³-hybridized carbons (Fsp3) is 0.562. The van der Waals surface area contributed by atoms with Crippen LogP contribution in [0, 0.1) is 6.92 Å². The fourth-order valence-electron chi connectivity index (χ4n) is 2.16. The first-order chi connectivity index (χ1) is 11.8. The summed E-state index contributed by atoms with van der Waals surface area (Å²) < 4.78 is 30.2. The Morgan fingerprint density at radius 2 is 2.00 bits per heavy atom. The van der Waals surface area contributed by atoms with Crippen LogP contribution >= 0.6 is 0 Å². The number of benzene rings is 1. The summed E-state index contributed by atoms with van der Waals surface area (Å²) in [6, 6.07) is 5.46. The highest BCUT2D eigenvalue weighted by atomic mass is 32.2. The fourth-order valence-corrected chi connectivity index (χ4v) is 3.26. The van der Waals surface area contributed by atoms with Gasteiger partial charge < -0.3 is 15.2 Å². The number of nitrogens with zero attached hydrogens (tertiary/aromatic N) is 1. The molecule has 1 aromatic carbocycles. The Morgan fingerprint density at radius 1 is 1.32 bits per heavy atom. The molecular weight excluding hydrogens is 348 g/mol. The van der Waals surface area contributed by atoms with Gasteiger partial charge in [-0.05, 0) is 38.3 Å². The van der Waals surface area contributed by atoms with E-state index >= 15 is 0 Å². The van der Waals surface area contributed by atoms with Gasteiger partial charge in [0.05, 0.1) is 0 Å². The average Bonchev–Trinajstić information content (AvgIpc) is 2.59. The van der Waals surface area contributed by atoms with Crippen molar-refractivity contribution in [3.05, 3.63) is 29.3 Å². The first-order valence-corrected chi connectivity index (χ1v) is 9.59. The number of carbonyl (C=O) groups excluding carboxylic acids is 1. The summed E-state index contributed by atoms with van der Waals surface area (Å²) in [7, 11) is -4.41. The van der Waals surface area contributed by atoms with Gasteiger partial charge in [0, 0.05) is 18.8 Å². The van der Waals surface area contributed by atoms with Gasteiger partial charge in [-0.15, -0.1) is 0 Å². The van der Waals surface area contributed by atoms with Crippen LogP contribution in [0.15, 0.2) is 18.2 Å². The second-order valence-corrected chi connectivity index (χ2v) is 7.09. The molecule has 0 spiro atoms. The molecule has 25 heavy (non-hydrogen) atoms. The highest BCUT2D eigenvalue weighted by molar-refractivity contribution is 7.90. The minimum atomic E-state index is -4.41. The maximum Gasteiger partial charge on any atom is 0.272 e. The third-order valence-electron chi connectivity index (χ3n) is 3.52. The lowest BCUT2D eigenvalue weighted by atomic mass is 10.1. The topological polar surface area (TPSA) is 105 Å². The molecule has 142 valence electrons. The molecule has 0 bridgehead atoms. The standard InChI is InChI=1S/C16H26N2O6S/c1-5-13-10-8-9-12(4)14(13)17-15(19)16(20)25(21,22)18(6-2)24-11-23-7-3/h8-10,16,20H,5-7,11H2,1-4H3,(H,17,19). The molecule has 1 atom stereocenters. The molecule has 0 aromatic heterocycles. The molecule has 0 heterocycles. The van der Waals surface area contributed by atoms with Crippen LogP contribution in [-0.4, -0.2) is 49.3 Å². The molecule has 0 saturated carbocycles. The van der Waals surface area contributed by atoms with Crippen molar-refractivity contribution in [2.45, 2.75) is 39.6 Å². The first kappa shape index (κ1) is 21.5. The maximum atomic E-state index is 12.4. The van der Waals surface area contributed by atoms with Gasteiger partial charge in [0.15, 0.2) is 6.79 Å². The number of aliphatic hydroxyl groups is 1. The van der Waals surface area contributed by atoms with Crippen LogP contribution in [0.4, 0.5) is 5.69 Å². The molecule has 8 nitrogen and oxygen atoms in total. The van der Waals surface area contributed by atoms with Crippen molar-refractivity contribution in [3.63, 3.8) is 0 Å². The predicted molar refractivity (Wildman–Crippen MR) is 94.1 cm³/mol. The number of sulfonamides is 1. The number of nitrogens with one attached hydrogen (secondary N) is 1. The maximum absolute atomic E-state index is 12.4. The highest BCUT2D eigenvalue weighted by Crippen LogP contribution is 2.22. The Labute approximate surface area is 148 Å². The van der Waals surface area contributed by atoms with Crippen molar-refractivity contribution in [1.29, 1.82) is 0 Å². The zero-order valence-electron chi connectivity index (χ0n) is 15.0. The molecule has 1 amide bonds. The lowest BCUT2D eigenvalue weighted by Crippen LogP contribution is -2.45. The normalized spacial score (nSPS) is 13.0. The minimum Gasteiger partial charge on any atom is -0.368 e. The molecule has 0 saturated heterocycles. The number of para-hydroxylation sites is 1. The van der Waals surface area contributed by atoms with Gasteiger partial charge in [-0.3, -0.25) is 9.63 Å². The molecule has 0 aliphatic carbocycles. The number of hydroxylamine groups is 1. The summed E-state index contributed by atoms with van der Waals surface area (Å²) in [5.41, 5.74) is -0.170. The largest absolute Gasteiger partial charge is 0.368 e. The van der Waals surface area contributed by atoms with Crippen molar-refractivity contribution in [2.24, 2.45) is 0 Å². The van der Waals surface area contributed by atoms with Gasteiger partial charge in [0.1, 0.15) is 0 Å². The van der Waals surface area contributed by atoms with Crippen LogP contribution in [0.25, 0.3) is 0 Å². The van der Waals surface area contributed by atoms with Gasteiger partial charge in [-0.25, -0.2) is 8.42 Å². The molecule has 0 fully saturated rings. The number of aliphatic hydroxyl groups excluding tert-OH is 1. The predicted octanol–water partition coefficient (Wildman–Crippen LogP) is 1.39. The number of carbonyl (C=O) groups is 1. The van der Waals surface area contributed by atoms with Crippen molar-refractivity contribution in [2.75, 3.05) is 25.3 Å². The quantitative estimate of drug-likeness (QED) is 0.364. The van der Waals surface area contributed by atoms with Crippen LogP contribution in [0.2, 0.25) is 0 Å². The van der Waals surface area contributed by atoms with E-state index in [1.807, 2.05) is 19.1 Å². The molecule has 1 unspecified atom stereocenters. The van der Waals surface area contributed by atoms with Crippen LogP contribution in [0.5, 0.6) is 0 Å². The number of anilines is 1. The lowest BCUT2D eigenvalue weighted by Gasteiger charge is -2.23. The van der Waals surface area contributed by atoms with Crippen molar-refractivity contribution < 1.29 is 27.9 Å². The molecule has 1 aromatic rings. The molecule has 0 radical (unpaired) electrons. The number of amides is 1. The second kappa shape index (κ2) is 9.83. The van der Waals surface area contributed by atoms with E-state index in [0.29, 0.717) is 23.2 Å². The molecular formula is C16H26N2O6S. The Balaban J connectivity index is 2.94. The summed E-state index contributed by atoms with van der Waals surface area (Å²) in [5.74, 6) is -1.04. The van der Waals surface area contributed by atoms with Crippen molar-refractivity contribution >= 4 is 21.6 Å². The van der Waals surface area contributed by atoms with Crippen LogP contribution < -0.4 is 5.32 Å². The zero-order chi connectivity index (χ0) is 19.0. The van der Waals surface area contributed by atoms with E-state index in [-0.39, 0.29) is 13.3 Å². The number of hydrogen-bond acceptors (Lipinski definition) is 6. The Kier molecular flexibility index (Phi) is 8.46. The van der Waals surface area contributed by atoms with E-state index in [2.05, 4.69) is 5.32 Å². The summed E-state index contributed by atoms with van der Waals surface area (Å²) in [5, 5.41) is 12.6. The third kappa shape index (κ3) is 5.48. The smallest absolute Gasteiger partial charge is 0.272 e. The monoisotopic (exact) mass is 374 g/mol. The van der Waals surface area contributed by atoms with E-state index in [0.717, 1.165) is 11.1 Å². The van der Waals surface area contributed by atoms with Gasteiger partial charge in [0.25, 0.3) is 21.4 Å². The molecule has 2 N–H and O–H groups in total. The molecule has 0 aliphatic heterocycles.